The van der Waals surface area contributed by atoms with Crippen molar-refractivity contribution in [3.8, 4) is 34.3 Å². The van der Waals surface area contributed by atoms with Gasteiger partial charge in [0.05, 0.1) is 30.9 Å². The largest absolute Gasteiger partial charge is 0.496 e. The summed E-state index contributed by atoms with van der Waals surface area (Å²) in [4.78, 5) is 6.55. The first kappa shape index (κ1) is 32.9. The topological polar surface area (TPSA) is 107 Å². The highest BCUT2D eigenvalue weighted by Crippen LogP contribution is 2.38. The number of aromatic nitrogens is 3. The van der Waals surface area contributed by atoms with Crippen molar-refractivity contribution in [1.82, 2.24) is 19.5 Å². The zero-order valence-electron chi connectivity index (χ0n) is 26.7. The lowest BCUT2D eigenvalue weighted by Crippen LogP contribution is -2.22. The molecule has 8 nitrogen and oxygen atoms in total. The van der Waals surface area contributed by atoms with Gasteiger partial charge in [-0.25, -0.2) is 9.50 Å². The van der Waals surface area contributed by atoms with Crippen molar-refractivity contribution in [1.29, 1.82) is 5.26 Å². The van der Waals surface area contributed by atoms with E-state index in [0.29, 0.717) is 53.4 Å². The second-order valence-electron chi connectivity index (χ2n) is 12.0. The maximum atomic E-state index is 14.3. The van der Waals surface area contributed by atoms with E-state index in [1.54, 1.807) is 18.3 Å². The molecule has 48 heavy (non-hydrogen) atoms. The molecule has 0 unspecified atom stereocenters. The summed E-state index contributed by atoms with van der Waals surface area (Å²) in [6.07, 6.45) is 0.316. The van der Waals surface area contributed by atoms with Crippen molar-refractivity contribution in [2.45, 2.75) is 45.7 Å². The standard InChI is InChI=1S/C37H34F3N5O3/c1-22-25(10-11-26-16-34(48-3)28(15-33(26)37(38,39)40)19-44-13-12-29(47)20-44)6-4-7-30(22)31-8-5-9-32(23(31)2)35-42-36-27(17-41)14-24(21-46)18-45(36)43-35/h4-11,14-16,18,29,46-47H,12-13,19-21H2,1-3H3/b11-10+/t29-/m1/s1. The van der Waals surface area contributed by atoms with E-state index in [1.165, 1.54) is 23.8 Å². The molecular weight excluding hydrogens is 619 g/mol. The highest BCUT2D eigenvalue weighted by molar-refractivity contribution is 5.82. The molecule has 11 heteroatoms. The molecule has 0 amide bonds. The van der Waals surface area contributed by atoms with E-state index in [2.05, 4.69) is 16.2 Å². The molecule has 6 rings (SSSR count). The number of hydrogen-bond donors (Lipinski definition) is 2. The fourth-order valence-corrected chi connectivity index (χ4v) is 6.33. The number of alkyl halides is 3. The number of methoxy groups -OCH3 is 1. The third-order valence-electron chi connectivity index (χ3n) is 8.88. The zero-order chi connectivity index (χ0) is 34.2. The summed E-state index contributed by atoms with van der Waals surface area (Å²) in [5, 5.41) is 33.7. The summed E-state index contributed by atoms with van der Waals surface area (Å²) in [5.74, 6) is 0.782. The third kappa shape index (κ3) is 6.42. The number of pyridine rings is 1. The minimum absolute atomic E-state index is 0.00782. The number of nitriles is 1. The van der Waals surface area contributed by atoms with Crippen LogP contribution in [0, 0.1) is 25.2 Å². The predicted molar refractivity (Wildman–Crippen MR) is 177 cm³/mol. The Morgan fingerprint density at radius 2 is 1.73 bits per heavy atom. The minimum Gasteiger partial charge on any atom is -0.496 e. The van der Waals surface area contributed by atoms with Crippen molar-refractivity contribution in [2.75, 3.05) is 20.2 Å². The number of aliphatic hydroxyl groups is 2. The maximum absolute atomic E-state index is 14.3. The first-order chi connectivity index (χ1) is 23.0. The molecular formula is C37H34F3N5O3. The molecule has 1 fully saturated rings. The van der Waals surface area contributed by atoms with Gasteiger partial charge in [-0.2, -0.15) is 18.4 Å². The van der Waals surface area contributed by atoms with E-state index in [9.17, 15) is 28.6 Å². The van der Waals surface area contributed by atoms with Crippen LogP contribution in [-0.4, -0.2) is 56.0 Å². The fourth-order valence-electron chi connectivity index (χ4n) is 6.33. The van der Waals surface area contributed by atoms with Crippen molar-refractivity contribution in [2.24, 2.45) is 0 Å². The summed E-state index contributed by atoms with van der Waals surface area (Å²) in [7, 11) is 1.44. The second-order valence-corrected chi connectivity index (χ2v) is 12.0. The molecule has 3 aromatic carbocycles. The summed E-state index contributed by atoms with van der Waals surface area (Å²) in [5.41, 5.74) is 5.98. The summed E-state index contributed by atoms with van der Waals surface area (Å²) in [6, 6.07) is 17.7. The summed E-state index contributed by atoms with van der Waals surface area (Å²) >= 11 is 0. The Labute approximate surface area is 276 Å². The molecule has 0 bridgehead atoms. The Hall–Kier alpha value is -5.02. The van der Waals surface area contributed by atoms with Gasteiger partial charge >= 0.3 is 6.18 Å². The van der Waals surface area contributed by atoms with Gasteiger partial charge in [0, 0.05) is 37.0 Å². The third-order valence-corrected chi connectivity index (χ3v) is 8.88. The lowest BCUT2D eigenvalue weighted by Gasteiger charge is -2.20. The van der Waals surface area contributed by atoms with Crippen molar-refractivity contribution < 1.29 is 28.1 Å². The number of aliphatic hydroxyl groups excluding tert-OH is 2. The van der Waals surface area contributed by atoms with Crippen LogP contribution >= 0.6 is 0 Å². The van der Waals surface area contributed by atoms with Crippen LogP contribution in [0.15, 0.2) is 60.8 Å². The number of nitrogens with zero attached hydrogens (tertiary/aromatic N) is 5. The monoisotopic (exact) mass is 653 g/mol. The molecule has 0 aliphatic carbocycles. The number of halogens is 3. The SMILES string of the molecule is COc1cc(/C=C/c2cccc(-c3cccc(-c4nc5c(C#N)cc(CO)cn5n4)c3C)c2C)c(C(F)(F)F)cc1CN1CC[C@@H](O)C1. The van der Waals surface area contributed by atoms with Gasteiger partial charge in [0.1, 0.15) is 11.8 Å². The number of benzene rings is 3. The number of ether oxygens (including phenoxy) is 1. The lowest BCUT2D eigenvalue weighted by atomic mass is 9.91. The normalized spacial score (nSPS) is 15.4. The number of β-amino-alcohol motifs (C(OH)–C–C–N with tert-alkyl or cyclic N) is 1. The van der Waals surface area contributed by atoms with E-state index in [0.717, 1.165) is 39.4 Å². The van der Waals surface area contributed by atoms with E-state index in [4.69, 9.17) is 4.74 Å². The van der Waals surface area contributed by atoms with Gasteiger partial charge in [-0.15, -0.1) is 5.10 Å². The zero-order valence-corrected chi connectivity index (χ0v) is 26.7. The maximum Gasteiger partial charge on any atom is 0.417 e. The van der Waals surface area contributed by atoms with Crippen molar-refractivity contribution >= 4 is 17.8 Å². The van der Waals surface area contributed by atoms with Crippen LogP contribution < -0.4 is 4.74 Å². The Morgan fingerprint density at radius 1 is 1.02 bits per heavy atom. The molecule has 1 aliphatic rings. The molecule has 1 atom stereocenters. The molecule has 2 N–H and O–H groups in total. The average molecular weight is 654 g/mol. The molecule has 0 radical (unpaired) electrons. The lowest BCUT2D eigenvalue weighted by molar-refractivity contribution is -0.137. The molecule has 5 aromatic rings. The quantitative estimate of drug-likeness (QED) is 0.177. The highest BCUT2D eigenvalue weighted by Gasteiger charge is 2.34. The Bertz CT molecular complexity index is 2080. The van der Waals surface area contributed by atoms with Crippen LogP contribution in [0.5, 0.6) is 5.75 Å². The van der Waals surface area contributed by atoms with Gasteiger partial charge in [-0.3, -0.25) is 4.90 Å². The van der Waals surface area contributed by atoms with Crippen LogP contribution in [-0.2, 0) is 19.3 Å². The Morgan fingerprint density at radius 3 is 2.40 bits per heavy atom. The molecule has 3 heterocycles. The molecule has 246 valence electrons. The van der Waals surface area contributed by atoms with Crippen LogP contribution in [0.3, 0.4) is 0 Å². The summed E-state index contributed by atoms with van der Waals surface area (Å²) < 4.78 is 50.0. The Kier molecular flexibility index (Phi) is 9.07. The second kappa shape index (κ2) is 13.2. The van der Waals surface area contributed by atoms with Crippen LogP contribution in [0.1, 0.15) is 50.9 Å². The van der Waals surface area contributed by atoms with Gasteiger partial charge in [0.2, 0.25) is 0 Å². The predicted octanol–water partition coefficient (Wildman–Crippen LogP) is 6.81. The van der Waals surface area contributed by atoms with Gasteiger partial charge in [0.25, 0.3) is 0 Å². The first-order valence-electron chi connectivity index (χ1n) is 15.5. The first-order valence-corrected chi connectivity index (χ1v) is 15.5. The molecule has 0 saturated carbocycles. The van der Waals surface area contributed by atoms with Crippen molar-refractivity contribution in [3.63, 3.8) is 0 Å². The van der Waals surface area contributed by atoms with Gasteiger partial charge in [0.15, 0.2) is 11.5 Å². The van der Waals surface area contributed by atoms with Crippen LogP contribution in [0.25, 0.3) is 40.3 Å². The number of rotatable bonds is 8. The molecule has 1 aliphatic heterocycles. The van der Waals surface area contributed by atoms with Gasteiger partial charge in [-0.05, 0) is 77.4 Å². The van der Waals surface area contributed by atoms with Crippen molar-refractivity contribution in [3.05, 3.63) is 105 Å². The van der Waals surface area contributed by atoms with E-state index in [1.807, 2.05) is 55.1 Å². The van der Waals surface area contributed by atoms with Crippen LogP contribution in [0.4, 0.5) is 13.2 Å². The van der Waals surface area contributed by atoms with Crippen LogP contribution in [0.2, 0.25) is 0 Å². The summed E-state index contributed by atoms with van der Waals surface area (Å²) in [6.45, 7) is 4.91. The smallest absolute Gasteiger partial charge is 0.417 e. The molecule has 1 saturated heterocycles. The number of likely N-dealkylation sites (tertiary alicyclic amines) is 1. The van der Waals surface area contributed by atoms with E-state index >= 15 is 0 Å². The fraction of sp³-hybridized carbons (Fsp3) is 0.270. The van der Waals surface area contributed by atoms with Gasteiger partial charge in [-0.1, -0.05) is 48.6 Å². The Balaban J connectivity index is 1.36. The van der Waals surface area contributed by atoms with Gasteiger partial charge < -0.3 is 14.9 Å². The molecule has 0 spiro atoms. The average Bonchev–Trinajstić information content (AvgIpc) is 3.69. The van der Waals surface area contributed by atoms with E-state index in [-0.39, 0.29) is 18.7 Å². The minimum atomic E-state index is -4.58. The number of fused-ring (bicyclic) bond motifs is 1. The molecule has 2 aromatic heterocycles. The van der Waals surface area contributed by atoms with E-state index < -0.39 is 17.8 Å². The highest BCUT2D eigenvalue weighted by atomic mass is 19.4. The number of hydrogen-bond acceptors (Lipinski definition) is 7.